The number of carboxylic acid groups (broad SMARTS) is 1. The maximum Gasteiger partial charge on any atom is 0.426 e. The molecule has 0 spiro atoms. The molecule has 1 fully saturated rings. The van der Waals surface area contributed by atoms with E-state index in [-0.39, 0.29) is 0 Å². The molecule has 1 aromatic rings. The highest BCUT2D eigenvalue weighted by Crippen LogP contribution is 2.27. The molecule has 4 heteroatoms. The molecule has 82 valence electrons. The molecule has 0 aliphatic heterocycles. The number of rotatable bonds is 1. The first-order valence-corrected chi connectivity index (χ1v) is 5.06. The summed E-state index contributed by atoms with van der Waals surface area (Å²) >= 11 is 0. The van der Waals surface area contributed by atoms with Crippen molar-refractivity contribution in [2.45, 2.75) is 12.8 Å². The number of hydrogen-bond acceptors (Lipinski definition) is 2. The van der Waals surface area contributed by atoms with E-state index in [1.54, 1.807) is 24.3 Å². The predicted octanol–water partition coefficient (Wildman–Crippen LogP) is 1.81. The Balaban J connectivity index is 2.10. The van der Waals surface area contributed by atoms with Gasteiger partial charge in [-0.25, -0.2) is 15.6 Å². The van der Waals surface area contributed by atoms with E-state index in [4.69, 9.17) is 10.9 Å². The van der Waals surface area contributed by atoms with Gasteiger partial charge in [0.25, 0.3) is 0 Å². The average Bonchev–Trinajstić information content (AvgIpc) is 3.10. The van der Waals surface area contributed by atoms with Gasteiger partial charge in [0.1, 0.15) is 0 Å². The van der Waals surface area contributed by atoms with E-state index < -0.39 is 6.09 Å². The molecular weight excluding hydrogens is 204 g/mol. The van der Waals surface area contributed by atoms with E-state index in [2.05, 4.69) is 11.8 Å². The largest absolute Gasteiger partial charge is 0.464 e. The van der Waals surface area contributed by atoms with Gasteiger partial charge in [-0.3, -0.25) is 0 Å². The van der Waals surface area contributed by atoms with E-state index >= 15 is 0 Å². The summed E-state index contributed by atoms with van der Waals surface area (Å²) in [5, 5.41) is 9.34. The van der Waals surface area contributed by atoms with Crippen LogP contribution in [0.4, 0.5) is 10.5 Å². The first-order valence-electron chi connectivity index (χ1n) is 5.06. The van der Waals surface area contributed by atoms with Crippen LogP contribution < -0.4 is 10.9 Å². The summed E-state index contributed by atoms with van der Waals surface area (Å²) in [4.78, 5) is 10.6. The van der Waals surface area contributed by atoms with Gasteiger partial charge >= 0.3 is 6.09 Å². The molecule has 0 atom stereocenters. The van der Waals surface area contributed by atoms with E-state index in [0.29, 0.717) is 16.6 Å². The molecule has 0 bridgehead atoms. The number of nitrogens with zero attached hydrogens (tertiary/aromatic N) is 1. The van der Waals surface area contributed by atoms with Crippen molar-refractivity contribution in [2.75, 3.05) is 5.01 Å². The lowest BCUT2D eigenvalue weighted by Crippen LogP contribution is -2.35. The first-order chi connectivity index (χ1) is 7.66. The van der Waals surface area contributed by atoms with Crippen LogP contribution in [-0.4, -0.2) is 11.2 Å². The summed E-state index contributed by atoms with van der Waals surface area (Å²) in [5.41, 5.74) is 1.32. The lowest BCUT2D eigenvalue weighted by Gasteiger charge is -2.11. The van der Waals surface area contributed by atoms with E-state index in [1.807, 2.05) is 0 Å². The fourth-order valence-corrected chi connectivity index (χ4v) is 1.23. The van der Waals surface area contributed by atoms with E-state index in [1.165, 1.54) is 12.8 Å². The highest BCUT2D eigenvalue weighted by Gasteiger charge is 2.17. The molecule has 4 nitrogen and oxygen atoms in total. The highest BCUT2D eigenvalue weighted by molar-refractivity contribution is 5.84. The molecule has 0 radical (unpaired) electrons. The van der Waals surface area contributed by atoms with Crippen LogP contribution >= 0.6 is 0 Å². The summed E-state index contributed by atoms with van der Waals surface area (Å²) in [6.07, 6.45) is 1.21. The van der Waals surface area contributed by atoms with Crippen LogP contribution in [0.1, 0.15) is 18.4 Å². The van der Waals surface area contributed by atoms with Gasteiger partial charge in [0.2, 0.25) is 0 Å². The maximum atomic E-state index is 10.6. The van der Waals surface area contributed by atoms with Gasteiger partial charge in [0, 0.05) is 11.5 Å². The van der Waals surface area contributed by atoms with Crippen LogP contribution in [0.2, 0.25) is 0 Å². The van der Waals surface area contributed by atoms with Gasteiger partial charge in [-0.05, 0) is 37.1 Å². The highest BCUT2D eigenvalue weighted by atomic mass is 16.4. The maximum absolute atomic E-state index is 10.6. The summed E-state index contributed by atoms with van der Waals surface area (Å²) in [5.74, 6) is 12.1. The lowest BCUT2D eigenvalue weighted by molar-refractivity contribution is 0.202. The minimum atomic E-state index is -1.18. The molecule has 1 saturated carbocycles. The zero-order valence-corrected chi connectivity index (χ0v) is 8.68. The lowest BCUT2D eigenvalue weighted by atomic mass is 10.2. The van der Waals surface area contributed by atoms with Crippen molar-refractivity contribution in [3.8, 4) is 11.8 Å². The number of nitrogens with two attached hydrogens (primary N) is 1. The molecular formula is C12H12N2O2. The molecule has 16 heavy (non-hydrogen) atoms. The second kappa shape index (κ2) is 4.25. The molecule has 1 aliphatic carbocycles. The molecule has 3 N–H and O–H groups in total. The van der Waals surface area contributed by atoms with E-state index in [9.17, 15) is 4.79 Å². The zero-order chi connectivity index (χ0) is 11.5. The van der Waals surface area contributed by atoms with Gasteiger partial charge in [-0.2, -0.15) is 0 Å². The monoisotopic (exact) mass is 216 g/mol. The summed E-state index contributed by atoms with van der Waals surface area (Å²) < 4.78 is 0. The van der Waals surface area contributed by atoms with E-state index in [0.717, 1.165) is 5.56 Å². The van der Waals surface area contributed by atoms with Crippen LogP contribution in [0.3, 0.4) is 0 Å². The number of amides is 1. The smallest absolute Gasteiger partial charge is 0.426 e. The van der Waals surface area contributed by atoms with Gasteiger partial charge in [0.15, 0.2) is 0 Å². The Kier molecular flexibility index (Phi) is 2.80. The summed E-state index contributed by atoms with van der Waals surface area (Å²) in [6, 6.07) is 6.83. The topological polar surface area (TPSA) is 66.6 Å². The Morgan fingerprint density at radius 2 is 2.00 bits per heavy atom. The van der Waals surface area contributed by atoms with Crippen molar-refractivity contribution >= 4 is 11.8 Å². The van der Waals surface area contributed by atoms with Crippen molar-refractivity contribution in [1.29, 1.82) is 0 Å². The van der Waals surface area contributed by atoms with Crippen molar-refractivity contribution < 1.29 is 9.90 Å². The van der Waals surface area contributed by atoms with Crippen molar-refractivity contribution in [3.05, 3.63) is 29.8 Å². The van der Waals surface area contributed by atoms with Crippen LogP contribution in [0.15, 0.2) is 24.3 Å². The second-order valence-electron chi connectivity index (χ2n) is 3.74. The molecule has 0 unspecified atom stereocenters. The van der Waals surface area contributed by atoms with Crippen LogP contribution in [0, 0.1) is 17.8 Å². The Hall–Kier alpha value is -1.99. The zero-order valence-electron chi connectivity index (χ0n) is 8.68. The van der Waals surface area contributed by atoms with Gasteiger partial charge < -0.3 is 5.11 Å². The van der Waals surface area contributed by atoms with Gasteiger partial charge in [-0.1, -0.05) is 11.8 Å². The Labute approximate surface area is 93.6 Å². The first kappa shape index (κ1) is 10.5. The Morgan fingerprint density at radius 1 is 1.38 bits per heavy atom. The second-order valence-corrected chi connectivity index (χ2v) is 3.74. The van der Waals surface area contributed by atoms with Crippen molar-refractivity contribution in [1.82, 2.24) is 0 Å². The molecule has 0 saturated heterocycles. The van der Waals surface area contributed by atoms with Crippen molar-refractivity contribution in [2.24, 2.45) is 11.8 Å². The van der Waals surface area contributed by atoms with Crippen LogP contribution in [0.25, 0.3) is 0 Å². The van der Waals surface area contributed by atoms with Gasteiger partial charge in [0.05, 0.1) is 5.69 Å². The molecule has 0 heterocycles. The summed E-state index contributed by atoms with van der Waals surface area (Å²) in [7, 11) is 0. The third-order valence-corrected chi connectivity index (χ3v) is 2.35. The fraction of sp³-hybridized carbons (Fsp3) is 0.250. The number of anilines is 1. The number of benzene rings is 1. The quantitative estimate of drug-likeness (QED) is 0.325. The summed E-state index contributed by atoms with van der Waals surface area (Å²) in [6.45, 7) is 0. The third kappa shape index (κ3) is 2.53. The SMILES string of the molecule is NN(C(=O)O)c1ccc(C#CC2CC2)cc1. The third-order valence-electron chi connectivity index (χ3n) is 2.35. The van der Waals surface area contributed by atoms with Crippen LogP contribution in [-0.2, 0) is 0 Å². The Morgan fingerprint density at radius 3 is 2.50 bits per heavy atom. The minimum Gasteiger partial charge on any atom is -0.464 e. The molecule has 2 rings (SSSR count). The number of hydrazine groups is 1. The van der Waals surface area contributed by atoms with Gasteiger partial charge in [-0.15, -0.1) is 0 Å². The average molecular weight is 216 g/mol. The normalized spacial score (nSPS) is 13.8. The van der Waals surface area contributed by atoms with Crippen LogP contribution in [0.5, 0.6) is 0 Å². The molecule has 1 aliphatic rings. The number of hydrogen-bond donors (Lipinski definition) is 2. The Bertz CT molecular complexity index is 452. The standard InChI is InChI=1S/C12H12N2O2/c13-14(12(15)16)11-7-5-10(6-8-11)4-3-9-1-2-9/h5-9H,1-2,13H2,(H,15,16). The fourth-order valence-electron chi connectivity index (χ4n) is 1.23. The molecule has 1 amide bonds. The van der Waals surface area contributed by atoms with Crippen molar-refractivity contribution in [3.63, 3.8) is 0 Å². The predicted molar refractivity (Wildman–Crippen MR) is 60.7 cm³/mol. The minimum absolute atomic E-state index is 0.435. The molecule has 1 aromatic carbocycles. The molecule has 0 aromatic heterocycles. The number of carbonyl (C=O) groups is 1.